The molecule has 0 unspecified atom stereocenters. The molecule has 0 amide bonds. The Bertz CT molecular complexity index is 1280. The lowest BCUT2D eigenvalue weighted by Gasteiger charge is -2.13. The van der Waals surface area contributed by atoms with Crippen molar-refractivity contribution < 1.29 is 40.5 Å². The Morgan fingerprint density at radius 2 is 1.43 bits per heavy atom. The van der Waals surface area contributed by atoms with Crippen LogP contribution in [0.1, 0.15) is 11.1 Å². The average Bonchev–Trinajstić information content (AvgIpc) is 2.81. The van der Waals surface area contributed by atoms with Crippen molar-refractivity contribution in [1.29, 1.82) is 0 Å². The molecule has 0 aliphatic carbocycles. The molecule has 0 radical (unpaired) electrons. The molecule has 0 saturated heterocycles. The third-order valence-electron chi connectivity index (χ3n) is 4.72. The summed E-state index contributed by atoms with van der Waals surface area (Å²) in [6.07, 6.45) is -1.44. The molecule has 0 fully saturated rings. The highest BCUT2D eigenvalue weighted by Gasteiger charge is 2.31. The minimum absolute atomic E-state index is 0.226. The Kier molecular flexibility index (Phi) is 7.80. The fourth-order valence-electron chi connectivity index (χ4n) is 3.14. The number of rotatable bonds is 9. The summed E-state index contributed by atoms with van der Waals surface area (Å²) in [5, 5.41) is 0. The van der Waals surface area contributed by atoms with E-state index in [1.165, 1.54) is 21.3 Å². The number of para-hydroxylation sites is 1. The molecular formula is C24H22F3NO6S. The molecule has 3 aromatic carbocycles. The van der Waals surface area contributed by atoms with Crippen LogP contribution >= 0.6 is 0 Å². The van der Waals surface area contributed by atoms with Crippen molar-refractivity contribution in [3.05, 3.63) is 71.8 Å². The van der Waals surface area contributed by atoms with Crippen molar-refractivity contribution >= 4 is 27.9 Å². The Morgan fingerprint density at radius 3 is 1.97 bits per heavy atom. The van der Waals surface area contributed by atoms with E-state index in [2.05, 4.69) is 9.46 Å². The summed E-state index contributed by atoms with van der Waals surface area (Å²) in [5.41, 5.74) is 1.52. The fraction of sp³-hybridized carbons (Fsp3) is 0.167. The van der Waals surface area contributed by atoms with E-state index in [1.54, 1.807) is 48.6 Å². The summed E-state index contributed by atoms with van der Waals surface area (Å²) < 4.78 is 84.9. The molecule has 3 aromatic rings. The summed E-state index contributed by atoms with van der Waals surface area (Å²) >= 11 is 0. The predicted octanol–water partition coefficient (Wildman–Crippen LogP) is 5.58. The van der Waals surface area contributed by atoms with Crippen LogP contribution in [-0.4, -0.2) is 36.1 Å². The molecule has 7 nitrogen and oxygen atoms in total. The number of methoxy groups -OCH3 is 3. The van der Waals surface area contributed by atoms with Gasteiger partial charge in [-0.2, -0.15) is 0 Å². The van der Waals surface area contributed by atoms with E-state index >= 15 is 0 Å². The molecule has 35 heavy (non-hydrogen) atoms. The minimum atomic E-state index is -4.87. The van der Waals surface area contributed by atoms with E-state index in [0.29, 0.717) is 28.4 Å². The lowest BCUT2D eigenvalue weighted by Crippen LogP contribution is -2.17. The fourth-order valence-corrected chi connectivity index (χ4v) is 4.23. The van der Waals surface area contributed by atoms with Crippen LogP contribution in [0.2, 0.25) is 0 Å². The molecule has 0 aliphatic heterocycles. The maximum absolute atomic E-state index is 12.8. The number of halogens is 3. The molecule has 0 aliphatic rings. The van der Waals surface area contributed by atoms with Gasteiger partial charge < -0.3 is 18.9 Å². The first kappa shape index (κ1) is 25.8. The second kappa shape index (κ2) is 10.6. The van der Waals surface area contributed by atoms with Gasteiger partial charge in [-0.15, -0.1) is 13.2 Å². The molecular weight excluding hydrogens is 487 g/mol. The first-order valence-corrected chi connectivity index (χ1v) is 11.5. The van der Waals surface area contributed by atoms with Crippen molar-refractivity contribution in [2.24, 2.45) is 0 Å². The van der Waals surface area contributed by atoms with Crippen LogP contribution in [0.15, 0.2) is 65.6 Å². The quantitative estimate of drug-likeness (QED) is 0.379. The first-order chi connectivity index (χ1) is 16.6. The molecule has 11 heteroatoms. The summed E-state index contributed by atoms with van der Waals surface area (Å²) in [5.74, 6) is 0.828. The van der Waals surface area contributed by atoms with Crippen LogP contribution < -0.4 is 23.7 Å². The monoisotopic (exact) mass is 509 g/mol. The van der Waals surface area contributed by atoms with Gasteiger partial charge in [-0.1, -0.05) is 30.4 Å². The number of anilines is 1. The predicted molar refractivity (Wildman–Crippen MR) is 125 cm³/mol. The smallest absolute Gasteiger partial charge is 0.493 e. The average molecular weight is 510 g/mol. The summed E-state index contributed by atoms with van der Waals surface area (Å²) in [4.78, 5) is -0.226. The van der Waals surface area contributed by atoms with Crippen LogP contribution in [0.3, 0.4) is 0 Å². The number of benzene rings is 3. The Balaban J connectivity index is 1.86. The molecule has 186 valence electrons. The van der Waals surface area contributed by atoms with Crippen molar-refractivity contribution in [2.75, 3.05) is 26.1 Å². The number of alkyl halides is 3. The SMILES string of the molecule is COc1cc(C=Cc2ccccc2NS(=O)(=O)c2ccc(OC(F)(F)F)cc2)cc(OC)c1OC. The highest BCUT2D eigenvalue weighted by Crippen LogP contribution is 2.38. The van der Waals surface area contributed by atoms with E-state index in [9.17, 15) is 21.6 Å². The van der Waals surface area contributed by atoms with Gasteiger partial charge in [-0.3, -0.25) is 4.72 Å². The zero-order chi connectivity index (χ0) is 25.6. The molecule has 3 rings (SSSR count). The van der Waals surface area contributed by atoms with Gasteiger partial charge in [0.25, 0.3) is 10.0 Å². The van der Waals surface area contributed by atoms with Crippen molar-refractivity contribution in [1.82, 2.24) is 0 Å². The maximum Gasteiger partial charge on any atom is 0.573 e. The van der Waals surface area contributed by atoms with E-state index in [-0.39, 0.29) is 10.6 Å². The lowest BCUT2D eigenvalue weighted by molar-refractivity contribution is -0.274. The summed E-state index contributed by atoms with van der Waals surface area (Å²) in [6, 6.07) is 14.0. The van der Waals surface area contributed by atoms with Gasteiger partial charge in [0.1, 0.15) is 5.75 Å². The Hall–Kier alpha value is -3.86. The molecule has 0 bridgehead atoms. The van der Waals surface area contributed by atoms with Crippen molar-refractivity contribution in [2.45, 2.75) is 11.3 Å². The zero-order valence-corrected chi connectivity index (χ0v) is 19.7. The van der Waals surface area contributed by atoms with Gasteiger partial charge in [-0.05, 0) is 53.6 Å². The number of nitrogens with one attached hydrogen (secondary N) is 1. The molecule has 0 heterocycles. The van der Waals surface area contributed by atoms with Crippen LogP contribution in [0.5, 0.6) is 23.0 Å². The van der Waals surface area contributed by atoms with Crippen LogP contribution in [0, 0.1) is 0 Å². The molecule has 1 N–H and O–H groups in total. The van der Waals surface area contributed by atoms with Gasteiger partial charge in [-0.25, -0.2) is 8.42 Å². The highest BCUT2D eigenvalue weighted by atomic mass is 32.2. The third-order valence-corrected chi connectivity index (χ3v) is 6.10. The topological polar surface area (TPSA) is 83.1 Å². The largest absolute Gasteiger partial charge is 0.573 e. The van der Waals surface area contributed by atoms with Gasteiger partial charge in [0, 0.05) is 0 Å². The van der Waals surface area contributed by atoms with E-state index in [4.69, 9.17) is 14.2 Å². The van der Waals surface area contributed by atoms with Crippen LogP contribution in [0.4, 0.5) is 18.9 Å². The van der Waals surface area contributed by atoms with Gasteiger partial charge in [0.2, 0.25) is 5.75 Å². The van der Waals surface area contributed by atoms with Crippen LogP contribution in [-0.2, 0) is 10.0 Å². The van der Waals surface area contributed by atoms with Gasteiger partial charge >= 0.3 is 6.36 Å². The standard InChI is InChI=1S/C24H22F3NO6S/c1-31-21-14-16(15-22(32-2)23(21)33-3)8-9-17-6-4-5-7-20(17)28-35(29,30)19-12-10-18(11-13-19)34-24(25,26)27/h4-15,28H,1-3H3. The highest BCUT2D eigenvalue weighted by molar-refractivity contribution is 7.92. The zero-order valence-electron chi connectivity index (χ0n) is 18.9. The summed E-state index contributed by atoms with van der Waals surface area (Å²) in [7, 11) is 0.402. The minimum Gasteiger partial charge on any atom is -0.493 e. The molecule has 0 saturated carbocycles. The van der Waals surface area contributed by atoms with E-state index in [0.717, 1.165) is 24.3 Å². The molecule has 0 aromatic heterocycles. The van der Waals surface area contributed by atoms with Crippen LogP contribution in [0.25, 0.3) is 12.2 Å². The number of ether oxygens (including phenoxy) is 4. The van der Waals surface area contributed by atoms with Crippen molar-refractivity contribution in [3.63, 3.8) is 0 Å². The third kappa shape index (κ3) is 6.60. The number of hydrogen-bond acceptors (Lipinski definition) is 6. The summed E-state index contributed by atoms with van der Waals surface area (Å²) in [6.45, 7) is 0. The molecule has 0 atom stereocenters. The maximum atomic E-state index is 12.8. The molecule has 0 spiro atoms. The Labute approximate surface area is 200 Å². The normalized spacial score (nSPS) is 11.8. The first-order valence-electron chi connectivity index (χ1n) is 10.0. The van der Waals surface area contributed by atoms with Gasteiger partial charge in [0.15, 0.2) is 11.5 Å². The van der Waals surface area contributed by atoms with E-state index in [1.807, 2.05) is 0 Å². The number of sulfonamides is 1. The van der Waals surface area contributed by atoms with Gasteiger partial charge in [0.05, 0.1) is 31.9 Å². The van der Waals surface area contributed by atoms with Crippen molar-refractivity contribution in [3.8, 4) is 23.0 Å². The Morgan fingerprint density at radius 1 is 0.829 bits per heavy atom. The second-order valence-electron chi connectivity index (χ2n) is 7.00. The second-order valence-corrected chi connectivity index (χ2v) is 8.69. The lowest BCUT2D eigenvalue weighted by atomic mass is 10.1. The number of hydrogen-bond donors (Lipinski definition) is 1. The van der Waals surface area contributed by atoms with E-state index < -0.39 is 22.1 Å².